The fourth-order valence-corrected chi connectivity index (χ4v) is 2.35. The van der Waals surface area contributed by atoms with Gasteiger partial charge in [-0.1, -0.05) is 18.2 Å². The summed E-state index contributed by atoms with van der Waals surface area (Å²) in [5.41, 5.74) is 2.86. The van der Waals surface area contributed by atoms with Crippen molar-refractivity contribution < 1.29 is 4.79 Å². The smallest absolute Gasteiger partial charge is 0.224 e. The van der Waals surface area contributed by atoms with Crippen LogP contribution in [0.2, 0.25) is 0 Å². The average Bonchev–Trinajstić information content (AvgIpc) is 3.10. The van der Waals surface area contributed by atoms with Gasteiger partial charge in [-0.05, 0) is 56.3 Å². The number of aromatic nitrogens is 2. The Morgan fingerprint density at radius 3 is 3.00 bits per heavy atom. The standard InChI is InChI=1S/C19H22N4O/c1-3-7-17(15-20-2)22-19(24)11-5-9-16-8-4-10-18(14-16)23-13-6-12-21-23/h3-4,6-8,10,12-15H,2,5,9,11H2,1H3,(H,22,24)/b7-3-,17-15+. The van der Waals surface area contributed by atoms with E-state index in [0.29, 0.717) is 12.1 Å². The third kappa shape index (κ3) is 5.35. The van der Waals surface area contributed by atoms with Crippen molar-refractivity contribution in [2.45, 2.75) is 26.2 Å². The first-order valence-corrected chi connectivity index (χ1v) is 7.90. The Labute approximate surface area is 142 Å². The molecule has 2 rings (SSSR count). The molecule has 0 aliphatic rings. The predicted octanol–water partition coefficient (Wildman–Crippen LogP) is 3.43. The minimum Gasteiger partial charge on any atom is -0.325 e. The van der Waals surface area contributed by atoms with Crippen LogP contribution in [0, 0.1) is 0 Å². The van der Waals surface area contributed by atoms with Crippen molar-refractivity contribution in [1.29, 1.82) is 0 Å². The molecule has 1 amide bonds. The topological polar surface area (TPSA) is 59.3 Å². The third-order valence-corrected chi connectivity index (χ3v) is 3.41. The number of hydrogen-bond acceptors (Lipinski definition) is 3. The van der Waals surface area contributed by atoms with E-state index in [0.717, 1.165) is 18.5 Å². The highest BCUT2D eigenvalue weighted by Gasteiger charge is 2.04. The fourth-order valence-electron chi connectivity index (χ4n) is 2.35. The summed E-state index contributed by atoms with van der Waals surface area (Å²) in [5, 5.41) is 7.06. The molecule has 0 radical (unpaired) electrons. The van der Waals surface area contributed by atoms with Gasteiger partial charge in [0, 0.05) is 25.0 Å². The molecule has 0 aliphatic carbocycles. The van der Waals surface area contributed by atoms with Crippen LogP contribution in [0.15, 0.2) is 71.8 Å². The van der Waals surface area contributed by atoms with Gasteiger partial charge in [-0.3, -0.25) is 9.79 Å². The van der Waals surface area contributed by atoms with Crippen LogP contribution in [0.3, 0.4) is 0 Å². The van der Waals surface area contributed by atoms with Gasteiger partial charge in [-0.25, -0.2) is 4.68 Å². The highest BCUT2D eigenvalue weighted by molar-refractivity contribution is 5.78. The maximum Gasteiger partial charge on any atom is 0.224 e. The molecule has 2 aromatic rings. The van der Waals surface area contributed by atoms with Crippen molar-refractivity contribution in [2.24, 2.45) is 4.99 Å². The van der Waals surface area contributed by atoms with Gasteiger partial charge in [0.15, 0.2) is 0 Å². The van der Waals surface area contributed by atoms with Crippen molar-refractivity contribution in [3.8, 4) is 5.69 Å². The minimum absolute atomic E-state index is 0.0220. The van der Waals surface area contributed by atoms with Gasteiger partial charge in [-0.15, -0.1) is 0 Å². The van der Waals surface area contributed by atoms with Crippen LogP contribution in [-0.4, -0.2) is 22.4 Å². The van der Waals surface area contributed by atoms with Crippen LogP contribution in [0.5, 0.6) is 0 Å². The van der Waals surface area contributed by atoms with Crippen LogP contribution in [0.1, 0.15) is 25.3 Å². The molecule has 1 heterocycles. The quantitative estimate of drug-likeness (QED) is 0.598. The fraction of sp³-hybridized carbons (Fsp3) is 0.211. The monoisotopic (exact) mass is 322 g/mol. The van der Waals surface area contributed by atoms with E-state index in [1.807, 2.05) is 42.1 Å². The number of amides is 1. The van der Waals surface area contributed by atoms with E-state index in [4.69, 9.17) is 0 Å². The first kappa shape index (κ1) is 17.4. The number of carbonyl (C=O) groups excluding carboxylic acids is 1. The Bertz CT molecular complexity index is 730. The Morgan fingerprint density at radius 1 is 1.42 bits per heavy atom. The Balaban J connectivity index is 1.86. The SMILES string of the molecule is C=N/C=C(\C=C/C)NC(=O)CCCc1cccc(-n2cccn2)c1. The molecule has 0 atom stereocenters. The van der Waals surface area contributed by atoms with Crippen LogP contribution in [-0.2, 0) is 11.2 Å². The van der Waals surface area contributed by atoms with Crippen molar-refractivity contribution >= 4 is 12.6 Å². The van der Waals surface area contributed by atoms with Gasteiger partial charge < -0.3 is 5.32 Å². The molecule has 0 fully saturated rings. The second-order valence-electron chi connectivity index (χ2n) is 5.29. The normalized spacial score (nSPS) is 11.6. The van der Waals surface area contributed by atoms with E-state index in [1.54, 1.807) is 12.3 Å². The zero-order chi connectivity index (χ0) is 17.2. The molecule has 0 saturated carbocycles. The van der Waals surface area contributed by atoms with Gasteiger partial charge in [0.2, 0.25) is 5.91 Å². The lowest BCUT2D eigenvalue weighted by Crippen LogP contribution is -2.21. The van der Waals surface area contributed by atoms with Crippen molar-refractivity contribution in [3.05, 3.63) is 72.3 Å². The van der Waals surface area contributed by atoms with Crippen LogP contribution in [0.25, 0.3) is 5.69 Å². The Morgan fingerprint density at radius 2 is 2.29 bits per heavy atom. The summed E-state index contributed by atoms with van der Waals surface area (Å²) < 4.78 is 1.83. The Hall–Kier alpha value is -2.95. The highest BCUT2D eigenvalue weighted by Crippen LogP contribution is 2.12. The Kier molecular flexibility index (Phi) is 6.71. The predicted molar refractivity (Wildman–Crippen MR) is 97.1 cm³/mol. The lowest BCUT2D eigenvalue weighted by molar-refractivity contribution is -0.120. The summed E-state index contributed by atoms with van der Waals surface area (Å²) in [6.07, 6.45) is 10.9. The molecule has 0 unspecified atom stereocenters. The second kappa shape index (κ2) is 9.25. The van der Waals surface area contributed by atoms with E-state index >= 15 is 0 Å². The average molecular weight is 322 g/mol. The van der Waals surface area contributed by atoms with Crippen LogP contribution in [0.4, 0.5) is 0 Å². The summed E-state index contributed by atoms with van der Waals surface area (Å²) in [7, 11) is 0. The zero-order valence-corrected chi connectivity index (χ0v) is 13.9. The van der Waals surface area contributed by atoms with E-state index in [-0.39, 0.29) is 5.91 Å². The third-order valence-electron chi connectivity index (χ3n) is 3.41. The number of nitrogens with zero attached hydrogens (tertiary/aromatic N) is 3. The molecule has 0 aliphatic heterocycles. The van der Waals surface area contributed by atoms with Crippen LogP contribution < -0.4 is 5.32 Å². The van der Waals surface area contributed by atoms with Gasteiger partial charge in [0.25, 0.3) is 0 Å². The highest BCUT2D eigenvalue weighted by atomic mass is 16.1. The molecule has 5 heteroatoms. The summed E-state index contributed by atoms with van der Waals surface area (Å²) in [5.74, 6) is -0.0220. The largest absolute Gasteiger partial charge is 0.325 e. The molecule has 5 nitrogen and oxygen atoms in total. The van der Waals surface area contributed by atoms with E-state index < -0.39 is 0 Å². The zero-order valence-electron chi connectivity index (χ0n) is 13.9. The number of benzene rings is 1. The number of aliphatic imine (C=N–C) groups is 1. The second-order valence-corrected chi connectivity index (χ2v) is 5.29. The van der Waals surface area contributed by atoms with Gasteiger partial charge in [0.1, 0.15) is 0 Å². The van der Waals surface area contributed by atoms with Crippen molar-refractivity contribution in [2.75, 3.05) is 0 Å². The van der Waals surface area contributed by atoms with Gasteiger partial charge in [0.05, 0.1) is 11.4 Å². The summed E-state index contributed by atoms with van der Waals surface area (Å²) in [6, 6.07) is 10.1. The number of nitrogens with one attached hydrogen (secondary N) is 1. The lowest BCUT2D eigenvalue weighted by Gasteiger charge is -2.07. The minimum atomic E-state index is -0.0220. The maximum absolute atomic E-state index is 12.0. The molecule has 0 bridgehead atoms. The first-order chi connectivity index (χ1) is 11.7. The van der Waals surface area contributed by atoms with Crippen molar-refractivity contribution in [3.63, 3.8) is 0 Å². The maximum atomic E-state index is 12.0. The molecular formula is C19H22N4O. The first-order valence-electron chi connectivity index (χ1n) is 7.90. The molecule has 24 heavy (non-hydrogen) atoms. The van der Waals surface area contributed by atoms with Gasteiger partial charge in [-0.2, -0.15) is 5.10 Å². The molecule has 1 N–H and O–H groups in total. The van der Waals surface area contributed by atoms with Crippen molar-refractivity contribution in [1.82, 2.24) is 15.1 Å². The molecule has 1 aromatic carbocycles. The summed E-state index contributed by atoms with van der Waals surface area (Å²) in [6.45, 7) is 5.29. The lowest BCUT2D eigenvalue weighted by atomic mass is 10.1. The number of hydrogen-bond donors (Lipinski definition) is 1. The number of carbonyl (C=O) groups is 1. The molecule has 0 spiro atoms. The number of allylic oxidation sites excluding steroid dienone is 2. The molecular weight excluding hydrogens is 300 g/mol. The molecule has 1 aromatic heterocycles. The van der Waals surface area contributed by atoms with E-state index in [9.17, 15) is 4.79 Å². The number of rotatable bonds is 8. The number of aryl methyl sites for hydroxylation is 1. The van der Waals surface area contributed by atoms with Crippen LogP contribution >= 0.6 is 0 Å². The molecule has 124 valence electrons. The van der Waals surface area contributed by atoms with E-state index in [1.165, 1.54) is 11.8 Å². The molecule has 0 saturated heterocycles. The van der Waals surface area contributed by atoms with Gasteiger partial charge >= 0.3 is 0 Å². The summed E-state index contributed by atoms with van der Waals surface area (Å²) in [4.78, 5) is 15.7. The summed E-state index contributed by atoms with van der Waals surface area (Å²) >= 11 is 0. The van der Waals surface area contributed by atoms with E-state index in [2.05, 4.69) is 34.3 Å².